The number of allylic oxidation sites excluding steroid dienone is 3. The van der Waals surface area contributed by atoms with Gasteiger partial charge in [-0.15, -0.1) is 0 Å². The molecule has 2 atom stereocenters. The first-order chi connectivity index (χ1) is 14.0. The van der Waals surface area contributed by atoms with E-state index in [2.05, 4.69) is 5.32 Å². The number of nitrogens with zero attached hydrogens (tertiary/aromatic N) is 1. The van der Waals surface area contributed by atoms with Gasteiger partial charge in [0.15, 0.2) is 5.78 Å². The first-order valence-corrected chi connectivity index (χ1v) is 9.44. The zero-order chi connectivity index (χ0) is 22.8. The van der Waals surface area contributed by atoms with Gasteiger partial charge >= 0.3 is 11.9 Å². The van der Waals surface area contributed by atoms with Crippen molar-refractivity contribution in [1.82, 2.24) is 5.32 Å². The molecule has 0 spiro atoms. The molecule has 1 aromatic rings. The number of hydrogen-bond donors (Lipinski definition) is 3. The van der Waals surface area contributed by atoms with Crippen LogP contribution in [0.5, 0.6) is 0 Å². The maximum atomic E-state index is 12.6. The molecule has 8 nitrogen and oxygen atoms in total. The van der Waals surface area contributed by atoms with Crippen LogP contribution < -0.4 is 10.2 Å². The molecule has 0 aliphatic rings. The largest absolute Gasteiger partial charge is 0.481 e. The molecule has 1 amide bonds. The minimum absolute atomic E-state index is 0.0582. The van der Waals surface area contributed by atoms with Crippen LogP contribution in [-0.4, -0.2) is 54.0 Å². The fourth-order valence-corrected chi connectivity index (χ4v) is 2.66. The van der Waals surface area contributed by atoms with Crippen molar-refractivity contribution in [2.45, 2.75) is 32.7 Å². The van der Waals surface area contributed by atoms with Gasteiger partial charge in [-0.2, -0.15) is 0 Å². The van der Waals surface area contributed by atoms with Crippen molar-refractivity contribution in [3.05, 3.63) is 53.6 Å². The first kappa shape index (κ1) is 24.6. The maximum Gasteiger partial charge on any atom is 0.326 e. The Hall–Kier alpha value is -3.42. The summed E-state index contributed by atoms with van der Waals surface area (Å²) in [6, 6.07) is 5.98. The van der Waals surface area contributed by atoms with Crippen molar-refractivity contribution in [3.8, 4) is 0 Å². The predicted octanol–water partition coefficient (Wildman–Crippen LogP) is 2.51. The molecule has 0 aliphatic carbocycles. The summed E-state index contributed by atoms with van der Waals surface area (Å²) in [4.78, 5) is 48.1. The lowest BCUT2D eigenvalue weighted by Gasteiger charge is -2.13. The first-order valence-electron chi connectivity index (χ1n) is 9.44. The van der Waals surface area contributed by atoms with E-state index in [9.17, 15) is 19.2 Å². The Morgan fingerprint density at radius 3 is 2.17 bits per heavy atom. The SMILES string of the molecule is CC(/C=C/C(=O)N[C@@H](CCC(=O)O)C(=O)O)=C\[C@@H](C)C(=O)c1ccc(N(C)C)cc1. The molecule has 0 bridgehead atoms. The lowest BCUT2D eigenvalue weighted by molar-refractivity contribution is -0.142. The maximum absolute atomic E-state index is 12.6. The van der Waals surface area contributed by atoms with Crippen molar-refractivity contribution in [2.24, 2.45) is 5.92 Å². The van der Waals surface area contributed by atoms with E-state index in [1.54, 1.807) is 32.1 Å². The second-order valence-corrected chi connectivity index (χ2v) is 7.17. The summed E-state index contributed by atoms with van der Waals surface area (Å²) in [5.41, 5.74) is 2.23. The van der Waals surface area contributed by atoms with Gasteiger partial charge < -0.3 is 20.4 Å². The average Bonchev–Trinajstić information content (AvgIpc) is 2.68. The zero-order valence-electron chi connectivity index (χ0n) is 17.6. The number of carboxylic acids is 2. The third-order valence-corrected chi connectivity index (χ3v) is 4.35. The number of benzene rings is 1. The molecule has 0 aliphatic heterocycles. The number of Topliss-reactive ketones (excluding diaryl/α,β-unsaturated/α-hetero) is 1. The molecule has 30 heavy (non-hydrogen) atoms. The van der Waals surface area contributed by atoms with Gasteiger partial charge in [-0.1, -0.05) is 24.6 Å². The van der Waals surface area contributed by atoms with Gasteiger partial charge in [0.2, 0.25) is 5.91 Å². The van der Waals surface area contributed by atoms with Crippen molar-refractivity contribution >= 4 is 29.3 Å². The van der Waals surface area contributed by atoms with E-state index >= 15 is 0 Å². The summed E-state index contributed by atoms with van der Waals surface area (Å²) in [5.74, 6) is -3.56. The minimum Gasteiger partial charge on any atom is -0.481 e. The molecular formula is C22H28N2O6. The summed E-state index contributed by atoms with van der Waals surface area (Å²) in [5, 5.41) is 20.0. The van der Waals surface area contributed by atoms with E-state index in [-0.39, 0.29) is 18.6 Å². The molecule has 0 saturated heterocycles. The van der Waals surface area contributed by atoms with Crippen LogP contribution in [0.1, 0.15) is 37.0 Å². The van der Waals surface area contributed by atoms with Gasteiger partial charge in [0, 0.05) is 43.8 Å². The molecule has 1 rings (SSSR count). The van der Waals surface area contributed by atoms with E-state index in [4.69, 9.17) is 10.2 Å². The molecule has 0 heterocycles. The van der Waals surface area contributed by atoms with Gasteiger partial charge in [-0.05, 0) is 37.6 Å². The Morgan fingerprint density at radius 2 is 1.67 bits per heavy atom. The van der Waals surface area contributed by atoms with E-state index in [1.807, 2.05) is 31.1 Å². The molecule has 0 saturated carbocycles. The number of ketones is 1. The van der Waals surface area contributed by atoms with E-state index in [0.29, 0.717) is 11.1 Å². The molecule has 162 valence electrons. The highest BCUT2D eigenvalue weighted by molar-refractivity contribution is 5.99. The second kappa shape index (κ2) is 11.5. The summed E-state index contributed by atoms with van der Waals surface area (Å²) in [6.45, 7) is 3.48. The normalized spacial score (nSPS) is 13.5. The number of carbonyl (C=O) groups excluding carboxylic acids is 2. The monoisotopic (exact) mass is 416 g/mol. The fourth-order valence-electron chi connectivity index (χ4n) is 2.66. The molecule has 0 unspecified atom stereocenters. The Kier molecular flexibility index (Phi) is 9.48. The highest BCUT2D eigenvalue weighted by Crippen LogP contribution is 2.17. The van der Waals surface area contributed by atoms with E-state index < -0.39 is 29.8 Å². The van der Waals surface area contributed by atoms with Gasteiger partial charge in [0.25, 0.3) is 0 Å². The number of anilines is 1. The minimum atomic E-state index is -1.30. The summed E-state index contributed by atoms with van der Waals surface area (Å²) in [6.07, 6.45) is 3.77. The molecule has 1 aromatic carbocycles. The molecule has 3 N–H and O–H groups in total. The van der Waals surface area contributed by atoms with Gasteiger partial charge in [0.1, 0.15) is 6.04 Å². The number of carboxylic acid groups (broad SMARTS) is 2. The lowest BCUT2D eigenvalue weighted by Crippen LogP contribution is -2.40. The highest BCUT2D eigenvalue weighted by Gasteiger charge is 2.20. The quantitative estimate of drug-likeness (QED) is 0.288. The van der Waals surface area contributed by atoms with Crippen LogP contribution >= 0.6 is 0 Å². The zero-order valence-corrected chi connectivity index (χ0v) is 17.6. The van der Waals surface area contributed by atoms with Crippen molar-refractivity contribution in [3.63, 3.8) is 0 Å². The van der Waals surface area contributed by atoms with Crippen molar-refractivity contribution < 1.29 is 29.4 Å². The number of nitrogens with one attached hydrogen (secondary N) is 1. The Morgan fingerprint density at radius 1 is 1.07 bits per heavy atom. The number of aliphatic carboxylic acids is 2. The summed E-state index contributed by atoms with van der Waals surface area (Å²) < 4.78 is 0. The number of hydrogen-bond acceptors (Lipinski definition) is 5. The number of amides is 1. The fraction of sp³-hybridized carbons (Fsp3) is 0.364. The number of carbonyl (C=O) groups is 4. The van der Waals surface area contributed by atoms with Crippen molar-refractivity contribution in [2.75, 3.05) is 19.0 Å². The van der Waals surface area contributed by atoms with Crippen LogP contribution in [0, 0.1) is 5.92 Å². The third-order valence-electron chi connectivity index (χ3n) is 4.35. The van der Waals surface area contributed by atoms with Crippen LogP contribution in [0.3, 0.4) is 0 Å². The van der Waals surface area contributed by atoms with Crippen LogP contribution in [0.4, 0.5) is 5.69 Å². The molecule has 0 fully saturated rings. The van der Waals surface area contributed by atoms with E-state index in [1.165, 1.54) is 6.08 Å². The van der Waals surface area contributed by atoms with Crippen LogP contribution in [0.25, 0.3) is 0 Å². The van der Waals surface area contributed by atoms with Crippen LogP contribution in [0.15, 0.2) is 48.1 Å². The Balaban J connectivity index is 2.72. The number of rotatable bonds is 11. The molecule has 0 radical (unpaired) electrons. The average molecular weight is 416 g/mol. The van der Waals surface area contributed by atoms with Crippen LogP contribution in [-0.2, 0) is 14.4 Å². The topological polar surface area (TPSA) is 124 Å². The summed E-state index contributed by atoms with van der Waals surface area (Å²) in [7, 11) is 3.83. The standard InChI is InChI=1S/C22H28N2O6/c1-14(5-11-19(25)23-18(22(29)30)10-12-20(26)27)13-15(2)21(28)16-6-8-17(9-7-16)24(3)4/h5-9,11,13,15,18H,10,12H2,1-4H3,(H,23,25)(H,26,27)(H,29,30)/b11-5+,14-13+/t15-,18+/m1/s1. The molecule has 0 aromatic heterocycles. The second-order valence-electron chi connectivity index (χ2n) is 7.17. The smallest absolute Gasteiger partial charge is 0.326 e. The van der Waals surface area contributed by atoms with E-state index in [0.717, 1.165) is 11.8 Å². The summed E-state index contributed by atoms with van der Waals surface area (Å²) >= 11 is 0. The predicted molar refractivity (Wildman–Crippen MR) is 114 cm³/mol. The van der Waals surface area contributed by atoms with Gasteiger partial charge in [-0.25, -0.2) is 4.79 Å². The Labute approximate surface area is 175 Å². The molecular weight excluding hydrogens is 388 g/mol. The van der Waals surface area contributed by atoms with Crippen LogP contribution in [0.2, 0.25) is 0 Å². The Bertz CT molecular complexity index is 840. The highest BCUT2D eigenvalue weighted by atomic mass is 16.4. The third kappa shape index (κ3) is 8.30. The molecule has 8 heteroatoms. The van der Waals surface area contributed by atoms with Gasteiger partial charge in [0.05, 0.1) is 0 Å². The lowest BCUT2D eigenvalue weighted by atomic mass is 9.97. The van der Waals surface area contributed by atoms with Crippen molar-refractivity contribution in [1.29, 1.82) is 0 Å². The van der Waals surface area contributed by atoms with Gasteiger partial charge in [-0.3, -0.25) is 14.4 Å².